The van der Waals surface area contributed by atoms with E-state index in [1.54, 1.807) is 10.8 Å². The third-order valence-electron chi connectivity index (χ3n) is 3.25. The van der Waals surface area contributed by atoms with Crippen LogP contribution < -0.4 is 5.19 Å². The summed E-state index contributed by atoms with van der Waals surface area (Å²) in [7, 11) is -0.165. The highest BCUT2D eigenvalue weighted by Gasteiger charge is 2.14. The van der Waals surface area contributed by atoms with Gasteiger partial charge in [0.25, 0.3) is 0 Å². The lowest BCUT2D eigenvalue weighted by Crippen LogP contribution is -2.18. The SMILES string of the molecule is CCCCC1=CC=CC1[SiH2]c1ccccc1. The van der Waals surface area contributed by atoms with Crippen LogP contribution in [0, 0.1) is 0 Å². The third-order valence-corrected chi connectivity index (χ3v) is 5.43. The summed E-state index contributed by atoms with van der Waals surface area (Å²) in [5, 5.41) is 1.58. The van der Waals surface area contributed by atoms with Gasteiger partial charge in [0.2, 0.25) is 0 Å². The van der Waals surface area contributed by atoms with Gasteiger partial charge < -0.3 is 0 Å². The molecule has 0 saturated carbocycles. The Hall–Kier alpha value is -1.08. The highest BCUT2D eigenvalue weighted by atomic mass is 28.2. The molecule has 1 aliphatic carbocycles. The van der Waals surface area contributed by atoms with Crippen LogP contribution in [0.3, 0.4) is 0 Å². The molecule has 1 aliphatic rings. The van der Waals surface area contributed by atoms with E-state index in [1.807, 2.05) is 0 Å². The molecule has 1 atom stereocenters. The minimum absolute atomic E-state index is 0.165. The lowest BCUT2D eigenvalue weighted by Gasteiger charge is -2.13. The molecule has 0 amide bonds. The van der Waals surface area contributed by atoms with Crippen molar-refractivity contribution in [3.05, 3.63) is 54.1 Å². The van der Waals surface area contributed by atoms with Gasteiger partial charge in [0.1, 0.15) is 0 Å². The van der Waals surface area contributed by atoms with Gasteiger partial charge in [0, 0.05) is 0 Å². The van der Waals surface area contributed by atoms with E-state index in [1.165, 1.54) is 19.3 Å². The fourth-order valence-corrected chi connectivity index (χ4v) is 4.23. The van der Waals surface area contributed by atoms with Gasteiger partial charge >= 0.3 is 0 Å². The van der Waals surface area contributed by atoms with Crippen LogP contribution >= 0.6 is 0 Å². The summed E-state index contributed by atoms with van der Waals surface area (Å²) in [4.78, 5) is 0. The molecule has 0 nitrogen and oxygen atoms in total. The highest BCUT2D eigenvalue weighted by Crippen LogP contribution is 2.28. The number of unbranched alkanes of at least 4 members (excludes halogenated alkanes) is 1. The van der Waals surface area contributed by atoms with Crippen molar-refractivity contribution >= 4 is 14.7 Å². The molecule has 0 aliphatic heterocycles. The minimum Gasteiger partial charge on any atom is -0.0803 e. The molecule has 16 heavy (non-hydrogen) atoms. The number of allylic oxidation sites excluding steroid dienone is 4. The van der Waals surface area contributed by atoms with E-state index < -0.39 is 0 Å². The lowest BCUT2D eigenvalue weighted by molar-refractivity contribution is 0.778. The van der Waals surface area contributed by atoms with E-state index in [0.29, 0.717) is 0 Å². The van der Waals surface area contributed by atoms with E-state index in [4.69, 9.17) is 0 Å². The number of benzene rings is 1. The molecular weight excluding hydrogens is 208 g/mol. The first-order valence-corrected chi connectivity index (χ1v) is 7.83. The lowest BCUT2D eigenvalue weighted by atomic mass is 10.1. The van der Waals surface area contributed by atoms with Gasteiger partial charge in [0.05, 0.1) is 9.52 Å². The Morgan fingerprint density at radius 3 is 2.75 bits per heavy atom. The van der Waals surface area contributed by atoms with Gasteiger partial charge in [-0.3, -0.25) is 0 Å². The topological polar surface area (TPSA) is 0 Å². The van der Waals surface area contributed by atoms with Gasteiger partial charge in [-0.05, 0) is 18.4 Å². The monoisotopic (exact) mass is 228 g/mol. The molecule has 0 N–H and O–H groups in total. The van der Waals surface area contributed by atoms with Gasteiger partial charge in [-0.25, -0.2) is 0 Å². The molecule has 0 bridgehead atoms. The molecule has 1 heteroatoms. The zero-order valence-electron chi connectivity index (χ0n) is 10.0. The second kappa shape index (κ2) is 5.85. The van der Waals surface area contributed by atoms with Crippen molar-refractivity contribution in [2.75, 3.05) is 0 Å². The fraction of sp³-hybridized carbons (Fsp3) is 0.333. The predicted molar refractivity (Wildman–Crippen MR) is 75.1 cm³/mol. The van der Waals surface area contributed by atoms with Crippen molar-refractivity contribution < 1.29 is 0 Å². The summed E-state index contributed by atoms with van der Waals surface area (Å²) in [5.41, 5.74) is 2.46. The smallest absolute Gasteiger partial charge is 0.0667 e. The van der Waals surface area contributed by atoms with Crippen LogP contribution in [0.25, 0.3) is 0 Å². The van der Waals surface area contributed by atoms with Gasteiger partial charge in [0.15, 0.2) is 0 Å². The molecule has 0 spiro atoms. The van der Waals surface area contributed by atoms with E-state index >= 15 is 0 Å². The Morgan fingerprint density at radius 1 is 1.19 bits per heavy atom. The average molecular weight is 228 g/mol. The molecule has 1 aromatic carbocycles. The van der Waals surface area contributed by atoms with Crippen molar-refractivity contribution in [2.24, 2.45) is 0 Å². The standard InChI is InChI=1S/C15H20Si/c1-2-3-8-13-9-7-12-15(13)16-14-10-5-4-6-11-14/h4-7,9-12,15H,2-3,8,16H2,1H3. The van der Waals surface area contributed by atoms with Crippen LogP contribution in [0.15, 0.2) is 54.1 Å². The van der Waals surface area contributed by atoms with Crippen LogP contribution in [0.4, 0.5) is 0 Å². The van der Waals surface area contributed by atoms with Crippen molar-refractivity contribution in [3.63, 3.8) is 0 Å². The van der Waals surface area contributed by atoms with E-state index in [-0.39, 0.29) is 9.52 Å². The van der Waals surface area contributed by atoms with E-state index in [2.05, 4.69) is 55.5 Å². The highest BCUT2D eigenvalue weighted by molar-refractivity contribution is 6.56. The Balaban J connectivity index is 1.95. The summed E-state index contributed by atoms with van der Waals surface area (Å²) < 4.78 is 0. The first-order chi connectivity index (χ1) is 7.90. The molecule has 1 unspecified atom stereocenters. The van der Waals surface area contributed by atoms with Crippen LogP contribution in [-0.4, -0.2) is 9.52 Å². The maximum absolute atomic E-state index is 2.41. The van der Waals surface area contributed by atoms with Crippen molar-refractivity contribution in [3.8, 4) is 0 Å². The Kier molecular flexibility index (Phi) is 4.17. The molecule has 1 aromatic rings. The first kappa shape index (κ1) is 11.4. The van der Waals surface area contributed by atoms with Crippen molar-refractivity contribution in [1.29, 1.82) is 0 Å². The fourth-order valence-electron chi connectivity index (χ4n) is 2.28. The molecular formula is C15H20Si. The Morgan fingerprint density at radius 2 is 2.00 bits per heavy atom. The summed E-state index contributed by atoms with van der Waals surface area (Å²) in [6, 6.07) is 11.0. The molecule has 0 saturated heterocycles. The zero-order chi connectivity index (χ0) is 11.2. The zero-order valence-corrected chi connectivity index (χ0v) is 11.4. The second-order valence-corrected chi connectivity index (χ2v) is 6.63. The molecule has 0 aromatic heterocycles. The average Bonchev–Trinajstić information content (AvgIpc) is 2.75. The maximum Gasteiger partial charge on any atom is 0.0667 e. The van der Waals surface area contributed by atoms with E-state index in [0.717, 1.165) is 5.54 Å². The van der Waals surface area contributed by atoms with Crippen LogP contribution in [0.1, 0.15) is 26.2 Å². The largest absolute Gasteiger partial charge is 0.0803 e. The van der Waals surface area contributed by atoms with Crippen LogP contribution in [0.5, 0.6) is 0 Å². The summed E-state index contributed by atoms with van der Waals surface area (Å²) in [5.74, 6) is 0. The van der Waals surface area contributed by atoms with Gasteiger partial charge in [-0.1, -0.05) is 72.7 Å². The summed E-state index contributed by atoms with van der Waals surface area (Å²) in [6.07, 6.45) is 10.9. The molecule has 0 fully saturated rings. The van der Waals surface area contributed by atoms with Crippen molar-refractivity contribution in [1.82, 2.24) is 0 Å². The summed E-state index contributed by atoms with van der Waals surface area (Å²) >= 11 is 0. The second-order valence-electron chi connectivity index (χ2n) is 4.53. The Bertz CT molecular complexity index is 376. The van der Waals surface area contributed by atoms with Crippen LogP contribution in [-0.2, 0) is 0 Å². The molecule has 84 valence electrons. The number of hydrogen-bond acceptors (Lipinski definition) is 0. The molecule has 2 rings (SSSR count). The predicted octanol–water partition coefficient (Wildman–Crippen LogP) is 2.96. The number of rotatable bonds is 5. The maximum atomic E-state index is 2.41. The van der Waals surface area contributed by atoms with E-state index in [9.17, 15) is 0 Å². The molecule has 0 heterocycles. The van der Waals surface area contributed by atoms with Gasteiger partial charge in [-0.15, -0.1) is 0 Å². The van der Waals surface area contributed by atoms with Crippen molar-refractivity contribution in [2.45, 2.75) is 31.7 Å². The number of hydrogen-bond donors (Lipinski definition) is 0. The quantitative estimate of drug-likeness (QED) is 0.680. The Labute approximate surface area is 101 Å². The normalized spacial score (nSPS) is 19.6. The molecule has 0 radical (unpaired) electrons. The summed E-state index contributed by atoms with van der Waals surface area (Å²) in [6.45, 7) is 2.27. The third kappa shape index (κ3) is 2.95. The minimum atomic E-state index is -0.165. The first-order valence-electron chi connectivity index (χ1n) is 6.31. The van der Waals surface area contributed by atoms with Gasteiger partial charge in [-0.2, -0.15) is 0 Å². The van der Waals surface area contributed by atoms with Crippen LogP contribution in [0.2, 0.25) is 5.54 Å².